The van der Waals surface area contributed by atoms with Crippen molar-refractivity contribution in [1.29, 1.82) is 0 Å². The molecule has 0 radical (unpaired) electrons. The van der Waals surface area contributed by atoms with Gasteiger partial charge in [-0.15, -0.1) is 0 Å². The second-order valence-electron chi connectivity index (χ2n) is 6.49. The Morgan fingerprint density at radius 1 is 1.08 bits per heavy atom. The SMILES string of the molecule is Fc1cncnc1N1CCC(COc2cc(C3CC3)ncn2)CC1. The number of hydrogen-bond donors (Lipinski definition) is 0. The van der Waals surface area contributed by atoms with Crippen LogP contribution in [-0.4, -0.2) is 39.6 Å². The van der Waals surface area contributed by atoms with Gasteiger partial charge in [-0.3, -0.25) is 0 Å². The van der Waals surface area contributed by atoms with Crippen LogP contribution >= 0.6 is 0 Å². The van der Waals surface area contributed by atoms with Crippen LogP contribution in [0, 0.1) is 11.7 Å². The third kappa shape index (κ3) is 3.44. The lowest BCUT2D eigenvalue weighted by atomic mass is 9.98. The molecule has 2 aromatic heterocycles. The summed E-state index contributed by atoms with van der Waals surface area (Å²) in [5, 5.41) is 0. The zero-order valence-electron chi connectivity index (χ0n) is 13.4. The van der Waals surface area contributed by atoms with Crippen LogP contribution in [0.25, 0.3) is 0 Å². The molecular formula is C17H20FN5O. The number of anilines is 1. The number of piperidine rings is 1. The van der Waals surface area contributed by atoms with Crippen molar-refractivity contribution in [3.8, 4) is 5.88 Å². The molecular weight excluding hydrogens is 309 g/mol. The van der Waals surface area contributed by atoms with E-state index in [1.165, 1.54) is 25.4 Å². The molecule has 0 unspecified atom stereocenters. The molecule has 1 saturated carbocycles. The molecule has 2 aromatic rings. The molecule has 0 spiro atoms. The van der Waals surface area contributed by atoms with Crippen molar-refractivity contribution < 1.29 is 9.13 Å². The van der Waals surface area contributed by atoms with Crippen molar-refractivity contribution >= 4 is 5.82 Å². The molecule has 2 aliphatic rings. The minimum Gasteiger partial charge on any atom is -0.477 e. The molecule has 1 aliphatic heterocycles. The van der Waals surface area contributed by atoms with E-state index in [-0.39, 0.29) is 5.82 Å². The van der Waals surface area contributed by atoms with E-state index in [0.717, 1.165) is 31.6 Å². The summed E-state index contributed by atoms with van der Waals surface area (Å²) >= 11 is 0. The quantitative estimate of drug-likeness (QED) is 0.840. The predicted octanol–water partition coefficient (Wildman–Crippen LogP) is 2.58. The molecule has 0 amide bonds. The summed E-state index contributed by atoms with van der Waals surface area (Å²) in [6, 6.07) is 1.96. The molecule has 4 rings (SSSR count). The third-order valence-corrected chi connectivity index (χ3v) is 4.69. The topological polar surface area (TPSA) is 64.0 Å². The molecule has 1 aliphatic carbocycles. The maximum atomic E-state index is 13.7. The Balaban J connectivity index is 1.29. The third-order valence-electron chi connectivity index (χ3n) is 4.69. The van der Waals surface area contributed by atoms with Gasteiger partial charge in [0, 0.05) is 25.1 Å². The Hall–Kier alpha value is -2.31. The number of ether oxygens (including phenoxy) is 1. The molecule has 0 N–H and O–H groups in total. The van der Waals surface area contributed by atoms with E-state index in [0.29, 0.717) is 30.1 Å². The van der Waals surface area contributed by atoms with E-state index in [1.54, 1.807) is 6.33 Å². The zero-order valence-corrected chi connectivity index (χ0v) is 13.4. The lowest BCUT2D eigenvalue weighted by Crippen LogP contribution is -2.36. The van der Waals surface area contributed by atoms with Gasteiger partial charge >= 0.3 is 0 Å². The summed E-state index contributed by atoms with van der Waals surface area (Å²) in [6.45, 7) is 2.19. The highest BCUT2D eigenvalue weighted by Crippen LogP contribution is 2.39. The first-order valence-electron chi connectivity index (χ1n) is 8.45. The first-order chi connectivity index (χ1) is 11.8. The van der Waals surface area contributed by atoms with Crippen molar-refractivity contribution in [3.63, 3.8) is 0 Å². The van der Waals surface area contributed by atoms with Gasteiger partial charge in [-0.1, -0.05) is 0 Å². The molecule has 3 heterocycles. The summed E-state index contributed by atoms with van der Waals surface area (Å²) in [5.74, 6) is 1.75. The van der Waals surface area contributed by atoms with Gasteiger partial charge in [0.25, 0.3) is 0 Å². The number of hydrogen-bond acceptors (Lipinski definition) is 6. The van der Waals surface area contributed by atoms with Crippen LogP contribution in [0.2, 0.25) is 0 Å². The van der Waals surface area contributed by atoms with E-state index >= 15 is 0 Å². The van der Waals surface area contributed by atoms with E-state index in [4.69, 9.17) is 4.74 Å². The van der Waals surface area contributed by atoms with Gasteiger partial charge in [0.05, 0.1) is 18.5 Å². The Bertz CT molecular complexity index is 701. The first-order valence-corrected chi connectivity index (χ1v) is 8.45. The second kappa shape index (κ2) is 6.67. The summed E-state index contributed by atoms with van der Waals surface area (Å²) in [6.07, 6.45) is 8.52. The maximum absolute atomic E-state index is 13.7. The molecule has 1 saturated heterocycles. The van der Waals surface area contributed by atoms with Gasteiger partial charge in [0.1, 0.15) is 12.7 Å². The fraction of sp³-hybridized carbons (Fsp3) is 0.529. The van der Waals surface area contributed by atoms with Crippen LogP contribution in [0.3, 0.4) is 0 Å². The fourth-order valence-corrected chi connectivity index (χ4v) is 3.09. The fourth-order valence-electron chi connectivity index (χ4n) is 3.09. The van der Waals surface area contributed by atoms with Crippen molar-refractivity contribution in [2.75, 3.05) is 24.6 Å². The summed E-state index contributed by atoms with van der Waals surface area (Å²) in [7, 11) is 0. The molecule has 7 heteroatoms. The number of nitrogens with zero attached hydrogens (tertiary/aromatic N) is 5. The highest BCUT2D eigenvalue weighted by Gasteiger charge is 2.26. The van der Waals surface area contributed by atoms with Gasteiger partial charge in [-0.05, 0) is 31.6 Å². The minimum atomic E-state index is -0.360. The Labute approximate surface area is 140 Å². The van der Waals surface area contributed by atoms with Gasteiger partial charge in [-0.2, -0.15) is 0 Å². The molecule has 6 nitrogen and oxygen atoms in total. The van der Waals surface area contributed by atoms with Crippen LogP contribution in [0.1, 0.15) is 37.3 Å². The lowest BCUT2D eigenvalue weighted by Gasteiger charge is -2.32. The number of aromatic nitrogens is 4. The summed E-state index contributed by atoms with van der Waals surface area (Å²) < 4.78 is 19.6. The second-order valence-corrected chi connectivity index (χ2v) is 6.49. The van der Waals surface area contributed by atoms with Crippen LogP contribution in [0.4, 0.5) is 10.2 Å². The highest BCUT2D eigenvalue weighted by molar-refractivity contribution is 5.38. The van der Waals surface area contributed by atoms with E-state index in [9.17, 15) is 4.39 Å². The standard InChI is InChI=1S/C17H20FN5O/c18-14-8-19-10-22-17(14)23-5-3-12(4-6-23)9-24-16-7-15(13-1-2-13)20-11-21-16/h7-8,10-13H,1-6,9H2. The van der Waals surface area contributed by atoms with Crippen LogP contribution in [0.15, 0.2) is 24.9 Å². The van der Waals surface area contributed by atoms with Crippen LogP contribution < -0.4 is 9.64 Å². The highest BCUT2D eigenvalue weighted by atomic mass is 19.1. The van der Waals surface area contributed by atoms with Crippen LogP contribution in [-0.2, 0) is 0 Å². The monoisotopic (exact) mass is 329 g/mol. The molecule has 0 atom stereocenters. The average Bonchev–Trinajstić information content (AvgIpc) is 3.46. The van der Waals surface area contributed by atoms with Gasteiger partial charge in [-0.25, -0.2) is 24.3 Å². The van der Waals surface area contributed by atoms with Crippen molar-refractivity contribution in [2.24, 2.45) is 5.92 Å². The normalized spacial score (nSPS) is 18.6. The van der Waals surface area contributed by atoms with Gasteiger partial charge in [0.2, 0.25) is 5.88 Å². The molecule has 0 aromatic carbocycles. The molecule has 2 fully saturated rings. The molecule has 126 valence electrons. The van der Waals surface area contributed by atoms with E-state index < -0.39 is 0 Å². The predicted molar refractivity (Wildman–Crippen MR) is 86.4 cm³/mol. The zero-order chi connectivity index (χ0) is 16.4. The van der Waals surface area contributed by atoms with Crippen molar-refractivity contribution in [3.05, 3.63) is 36.4 Å². The van der Waals surface area contributed by atoms with Crippen LogP contribution in [0.5, 0.6) is 5.88 Å². The van der Waals surface area contributed by atoms with Gasteiger partial charge in [0.15, 0.2) is 11.6 Å². The maximum Gasteiger partial charge on any atom is 0.216 e. The van der Waals surface area contributed by atoms with Gasteiger partial charge < -0.3 is 9.64 Å². The Morgan fingerprint density at radius 3 is 2.67 bits per heavy atom. The van der Waals surface area contributed by atoms with Crippen molar-refractivity contribution in [2.45, 2.75) is 31.6 Å². The number of halogens is 1. The lowest BCUT2D eigenvalue weighted by molar-refractivity contribution is 0.215. The number of rotatable bonds is 5. The average molecular weight is 329 g/mol. The molecule has 24 heavy (non-hydrogen) atoms. The van der Waals surface area contributed by atoms with E-state index in [1.807, 2.05) is 11.0 Å². The van der Waals surface area contributed by atoms with Crippen molar-refractivity contribution in [1.82, 2.24) is 19.9 Å². The van der Waals surface area contributed by atoms with E-state index in [2.05, 4.69) is 19.9 Å². The summed E-state index contributed by atoms with van der Waals surface area (Å²) in [4.78, 5) is 18.2. The largest absolute Gasteiger partial charge is 0.477 e. The summed E-state index contributed by atoms with van der Waals surface area (Å²) in [5.41, 5.74) is 1.09. The minimum absolute atomic E-state index is 0.360. The first kappa shape index (κ1) is 15.2. The Kier molecular flexibility index (Phi) is 4.23. The Morgan fingerprint density at radius 2 is 1.92 bits per heavy atom. The smallest absolute Gasteiger partial charge is 0.216 e. The molecule has 0 bridgehead atoms.